The van der Waals surface area contributed by atoms with E-state index in [2.05, 4.69) is 16.8 Å². The van der Waals surface area contributed by atoms with E-state index in [-0.39, 0.29) is 18.1 Å². The van der Waals surface area contributed by atoms with Crippen LogP contribution in [0.1, 0.15) is 42.6 Å². The molecule has 0 N–H and O–H groups in total. The second-order valence-electron chi connectivity index (χ2n) is 10.8. The van der Waals surface area contributed by atoms with E-state index in [1.165, 1.54) is 0 Å². The molecule has 2 aliphatic heterocycles. The fourth-order valence-corrected chi connectivity index (χ4v) is 5.61. The molecule has 2 unspecified atom stereocenters. The highest BCUT2D eigenvalue weighted by Crippen LogP contribution is 2.45. The predicted molar refractivity (Wildman–Crippen MR) is 164 cm³/mol. The summed E-state index contributed by atoms with van der Waals surface area (Å²) in [6.45, 7) is 7.76. The molecule has 41 heavy (non-hydrogen) atoms. The second kappa shape index (κ2) is 12.8. The van der Waals surface area contributed by atoms with Gasteiger partial charge in [-0.05, 0) is 68.4 Å². The minimum absolute atomic E-state index is 0.0176. The summed E-state index contributed by atoms with van der Waals surface area (Å²) in [6.07, 6.45) is -0.0866. The van der Waals surface area contributed by atoms with Crippen molar-refractivity contribution in [2.75, 3.05) is 46.9 Å². The number of methoxy groups -OCH3 is 1. The van der Waals surface area contributed by atoms with Crippen molar-refractivity contribution in [3.63, 3.8) is 0 Å². The van der Waals surface area contributed by atoms with Crippen LogP contribution in [0.4, 0.5) is 0 Å². The number of hydrogen-bond acceptors (Lipinski definition) is 6. The van der Waals surface area contributed by atoms with Gasteiger partial charge in [-0.15, -0.1) is 0 Å². The standard InChI is InChI=1S/C32H36Cl2N4O3/c1-21(2)41-28-19-26(40-4)13-14-27(28)32-35-30(22-5-9-24(33)10-6-22)31(23-7-11-25(34)12-8-23)38(32)29(39)20-37-17-15-36(3)16-18-37/h5-14,19,21,30-31H,15-18,20H2,1-4H3. The van der Waals surface area contributed by atoms with Crippen molar-refractivity contribution in [3.8, 4) is 11.5 Å². The number of carbonyl (C=O) groups excluding carboxylic acids is 1. The monoisotopic (exact) mass is 594 g/mol. The summed E-state index contributed by atoms with van der Waals surface area (Å²) in [7, 11) is 3.73. The number of halogens is 2. The van der Waals surface area contributed by atoms with E-state index in [1.54, 1.807) is 7.11 Å². The maximum absolute atomic E-state index is 14.4. The summed E-state index contributed by atoms with van der Waals surface area (Å²) in [5.41, 5.74) is 2.64. The summed E-state index contributed by atoms with van der Waals surface area (Å²) in [5.74, 6) is 1.84. The molecule has 0 aromatic heterocycles. The first-order chi connectivity index (χ1) is 19.7. The molecule has 216 valence electrons. The molecule has 0 saturated carbocycles. The van der Waals surface area contributed by atoms with Gasteiger partial charge in [-0.2, -0.15) is 0 Å². The Bertz CT molecular complexity index is 1390. The van der Waals surface area contributed by atoms with E-state index in [1.807, 2.05) is 85.5 Å². The summed E-state index contributed by atoms with van der Waals surface area (Å²) < 4.78 is 11.8. The van der Waals surface area contributed by atoms with E-state index in [9.17, 15) is 4.79 Å². The zero-order valence-corrected chi connectivity index (χ0v) is 25.4. The molecule has 2 heterocycles. The number of likely N-dealkylation sites (N-methyl/N-ethyl adjacent to an activating group) is 1. The fraction of sp³-hybridized carbons (Fsp3) is 0.375. The SMILES string of the molecule is COc1ccc(C2=NC(c3ccc(Cl)cc3)C(c3ccc(Cl)cc3)N2C(=O)CN2CCN(C)CC2)c(OC(C)C)c1. The van der Waals surface area contributed by atoms with Gasteiger partial charge < -0.3 is 14.4 Å². The number of benzene rings is 3. The minimum Gasteiger partial charge on any atom is -0.497 e. The molecule has 0 aliphatic carbocycles. The van der Waals surface area contributed by atoms with Gasteiger partial charge in [0.25, 0.3) is 0 Å². The first-order valence-electron chi connectivity index (χ1n) is 13.9. The van der Waals surface area contributed by atoms with Crippen molar-refractivity contribution in [1.82, 2.24) is 14.7 Å². The average molecular weight is 596 g/mol. The second-order valence-corrected chi connectivity index (χ2v) is 11.7. The van der Waals surface area contributed by atoms with E-state index in [0.29, 0.717) is 33.9 Å². The molecular weight excluding hydrogens is 559 g/mol. The Morgan fingerprint density at radius 1 is 0.927 bits per heavy atom. The van der Waals surface area contributed by atoms with Crippen molar-refractivity contribution < 1.29 is 14.3 Å². The van der Waals surface area contributed by atoms with Crippen LogP contribution in [0.15, 0.2) is 71.7 Å². The zero-order chi connectivity index (χ0) is 29.1. The largest absolute Gasteiger partial charge is 0.497 e. The Morgan fingerprint density at radius 2 is 1.54 bits per heavy atom. The zero-order valence-electron chi connectivity index (χ0n) is 23.9. The van der Waals surface area contributed by atoms with Gasteiger partial charge in [0, 0.05) is 42.3 Å². The lowest BCUT2D eigenvalue weighted by molar-refractivity contribution is -0.130. The molecule has 5 rings (SSSR count). The van der Waals surface area contributed by atoms with Gasteiger partial charge in [-0.3, -0.25) is 19.6 Å². The van der Waals surface area contributed by atoms with Crippen LogP contribution in [0, 0.1) is 0 Å². The molecule has 3 aromatic carbocycles. The maximum Gasteiger partial charge on any atom is 0.242 e. The quantitative estimate of drug-likeness (QED) is 0.315. The van der Waals surface area contributed by atoms with Crippen LogP contribution in [-0.4, -0.2) is 79.4 Å². The molecule has 2 aliphatic rings. The average Bonchev–Trinajstić information content (AvgIpc) is 3.35. The molecule has 1 saturated heterocycles. The Balaban J connectivity index is 1.65. The minimum atomic E-state index is -0.391. The Kier molecular flexibility index (Phi) is 9.19. The van der Waals surface area contributed by atoms with Crippen LogP contribution in [-0.2, 0) is 4.79 Å². The van der Waals surface area contributed by atoms with Crippen LogP contribution in [0.25, 0.3) is 0 Å². The van der Waals surface area contributed by atoms with E-state index < -0.39 is 6.04 Å². The Morgan fingerprint density at radius 3 is 2.12 bits per heavy atom. The summed E-state index contributed by atoms with van der Waals surface area (Å²) in [4.78, 5) is 26.0. The van der Waals surface area contributed by atoms with Gasteiger partial charge in [0.05, 0.1) is 31.4 Å². The number of hydrogen-bond donors (Lipinski definition) is 0. The molecule has 1 fully saturated rings. The van der Waals surface area contributed by atoms with Crippen molar-refractivity contribution in [2.45, 2.75) is 32.0 Å². The summed E-state index contributed by atoms with van der Waals surface area (Å²) in [5, 5.41) is 1.28. The molecule has 3 aromatic rings. The summed E-state index contributed by atoms with van der Waals surface area (Å²) in [6, 6.07) is 20.2. The van der Waals surface area contributed by atoms with Gasteiger partial charge in [0.2, 0.25) is 5.91 Å². The Hall–Kier alpha value is -3.10. The number of aliphatic imine (C=N–C) groups is 1. The van der Waals surface area contributed by atoms with Crippen LogP contribution >= 0.6 is 23.2 Å². The molecular formula is C32H36Cl2N4O3. The van der Waals surface area contributed by atoms with Crippen molar-refractivity contribution in [3.05, 3.63) is 93.5 Å². The molecule has 2 atom stereocenters. The van der Waals surface area contributed by atoms with Gasteiger partial charge >= 0.3 is 0 Å². The topological polar surface area (TPSA) is 57.6 Å². The molecule has 1 amide bonds. The number of amides is 1. The number of nitrogens with zero attached hydrogens (tertiary/aromatic N) is 4. The summed E-state index contributed by atoms with van der Waals surface area (Å²) >= 11 is 12.5. The maximum atomic E-state index is 14.4. The first-order valence-corrected chi connectivity index (χ1v) is 14.7. The lowest BCUT2D eigenvalue weighted by Gasteiger charge is -2.35. The molecule has 0 spiro atoms. The lowest BCUT2D eigenvalue weighted by Crippen LogP contribution is -2.50. The highest BCUT2D eigenvalue weighted by molar-refractivity contribution is 6.30. The van der Waals surface area contributed by atoms with Crippen LogP contribution < -0.4 is 9.47 Å². The molecule has 7 nitrogen and oxygen atoms in total. The molecule has 0 radical (unpaired) electrons. The third-order valence-corrected chi connectivity index (χ3v) is 8.01. The van der Waals surface area contributed by atoms with Gasteiger partial charge in [-0.1, -0.05) is 47.5 Å². The van der Waals surface area contributed by atoms with E-state index in [0.717, 1.165) is 42.9 Å². The van der Waals surface area contributed by atoms with Crippen molar-refractivity contribution in [2.24, 2.45) is 4.99 Å². The lowest BCUT2D eigenvalue weighted by atomic mass is 9.93. The van der Waals surface area contributed by atoms with Gasteiger partial charge in [0.1, 0.15) is 23.4 Å². The van der Waals surface area contributed by atoms with Crippen LogP contribution in [0.5, 0.6) is 11.5 Å². The van der Waals surface area contributed by atoms with E-state index >= 15 is 0 Å². The number of carbonyl (C=O) groups is 1. The fourth-order valence-electron chi connectivity index (χ4n) is 5.36. The van der Waals surface area contributed by atoms with Crippen LogP contribution in [0.3, 0.4) is 0 Å². The molecule has 0 bridgehead atoms. The third kappa shape index (κ3) is 6.70. The van der Waals surface area contributed by atoms with E-state index in [4.69, 9.17) is 37.7 Å². The third-order valence-electron chi connectivity index (χ3n) is 7.51. The number of amidine groups is 1. The smallest absolute Gasteiger partial charge is 0.242 e. The normalized spacial score (nSPS) is 19.9. The Labute approximate surface area is 252 Å². The predicted octanol–water partition coefficient (Wildman–Crippen LogP) is 6.11. The highest BCUT2D eigenvalue weighted by atomic mass is 35.5. The number of rotatable bonds is 8. The van der Waals surface area contributed by atoms with Crippen molar-refractivity contribution >= 4 is 34.9 Å². The number of piperazine rings is 1. The highest BCUT2D eigenvalue weighted by Gasteiger charge is 2.43. The van der Waals surface area contributed by atoms with Crippen LogP contribution in [0.2, 0.25) is 10.0 Å². The number of ether oxygens (including phenoxy) is 2. The molecule has 9 heteroatoms. The van der Waals surface area contributed by atoms with Crippen molar-refractivity contribution in [1.29, 1.82) is 0 Å². The first kappa shape index (κ1) is 29.4. The van der Waals surface area contributed by atoms with Gasteiger partial charge in [0.15, 0.2) is 0 Å². The van der Waals surface area contributed by atoms with Gasteiger partial charge in [-0.25, -0.2) is 0 Å².